The van der Waals surface area contributed by atoms with Gasteiger partial charge >= 0.3 is 11.7 Å². The molecule has 0 fully saturated rings. The Bertz CT molecular complexity index is 905. The van der Waals surface area contributed by atoms with Crippen LogP contribution >= 0.6 is 0 Å². The first-order chi connectivity index (χ1) is 12.9. The topological polar surface area (TPSA) is 108 Å². The fourth-order valence-corrected chi connectivity index (χ4v) is 3.22. The fraction of sp³-hybridized carbons (Fsp3) is 0.389. The van der Waals surface area contributed by atoms with Gasteiger partial charge in [-0.05, 0) is 31.4 Å². The predicted molar refractivity (Wildman–Crippen MR) is 94.9 cm³/mol. The van der Waals surface area contributed by atoms with E-state index in [9.17, 15) is 19.7 Å². The van der Waals surface area contributed by atoms with Crippen LogP contribution in [0.1, 0.15) is 22.5 Å². The summed E-state index contributed by atoms with van der Waals surface area (Å²) in [5, 5.41) is 15.0. The highest BCUT2D eigenvalue weighted by atomic mass is 16.6. The van der Waals surface area contributed by atoms with Gasteiger partial charge in [-0.3, -0.25) is 24.4 Å². The predicted octanol–water partition coefficient (Wildman–Crippen LogP) is 1.54. The number of esters is 1. The van der Waals surface area contributed by atoms with Crippen LogP contribution in [0.2, 0.25) is 0 Å². The van der Waals surface area contributed by atoms with E-state index < -0.39 is 10.9 Å². The maximum Gasteiger partial charge on any atom is 0.328 e. The summed E-state index contributed by atoms with van der Waals surface area (Å²) in [6.45, 7) is 3.46. The third-order valence-corrected chi connectivity index (χ3v) is 4.64. The maximum absolute atomic E-state index is 12.3. The molecule has 142 valence electrons. The Morgan fingerprint density at radius 2 is 1.96 bits per heavy atom. The van der Waals surface area contributed by atoms with Crippen LogP contribution in [0.25, 0.3) is 0 Å². The fourth-order valence-electron chi connectivity index (χ4n) is 3.22. The number of nitro groups is 1. The van der Waals surface area contributed by atoms with Gasteiger partial charge in [-0.2, -0.15) is 5.10 Å². The van der Waals surface area contributed by atoms with Gasteiger partial charge in [0.15, 0.2) is 6.61 Å². The SMILES string of the molecule is Cc1nn(CC(=O)OCC(=O)N2CCc3ccccc3C2)c(C)c1[N+](=O)[O-]. The molecule has 0 unspecified atom stereocenters. The molecule has 9 heteroatoms. The van der Waals surface area contributed by atoms with Crippen molar-refractivity contribution >= 4 is 17.6 Å². The Balaban J connectivity index is 1.55. The van der Waals surface area contributed by atoms with Gasteiger partial charge in [0.05, 0.1) is 4.92 Å². The van der Waals surface area contributed by atoms with Crippen molar-refractivity contribution in [2.24, 2.45) is 0 Å². The second kappa shape index (κ2) is 7.56. The van der Waals surface area contributed by atoms with Crippen molar-refractivity contribution in [2.75, 3.05) is 13.2 Å². The number of fused-ring (bicyclic) bond motifs is 1. The number of carbonyl (C=O) groups excluding carboxylic acids is 2. The Hall–Kier alpha value is -3.23. The molecule has 0 saturated heterocycles. The third-order valence-electron chi connectivity index (χ3n) is 4.64. The highest BCUT2D eigenvalue weighted by molar-refractivity contribution is 5.80. The van der Waals surface area contributed by atoms with E-state index >= 15 is 0 Å². The van der Waals surface area contributed by atoms with Crippen LogP contribution in [0.5, 0.6) is 0 Å². The quantitative estimate of drug-likeness (QED) is 0.447. The van der Waals surface area contributed by atoms with E-state index in [0.717, 1.165) is 12.0 Å². The molecule has 1 aromatic heterocycles. The van der Waals surface area contributed by atoms with Crippen LogP contribution in [0.4, 0.5) is 5.69 Å². The summed E-state index contributed by atoms with van der Waals surface area (Å²) in [5.74, 6) is -0.932. The van der Waals surface area contributed by atoms with E-state index in [1.807, 2.05) is 24.3 Å². The summed E-state index contributed by atoms with van der Waals surface area (Å²) in [6.07, 6.45) is 0.769. The van der Waals surface area contributed by atoms with Gasteiger partial charge in [-0.25, -0.2) is 0 Å². The van der Waals surface area contributed by atoms with E-state index in [-0.39, 0.29) is 36.1 Å². The van der Waals surface area contributed by atoms with Gasteiger partial charge in [0.1, 0.15) is 17.9 Å². The second-order valence-corrected chi connectivity index (χ2v) is 6.43. The average Bonchev–Trinajstić information content (AvgIpc) is 2.92. The van der Waals surface area contributed by atoms with Crippen LogP contribution in [-0.2, 0) is 33.8 Å². The molecular formula is C18H20N4O5. The molecule has 0 spiro atoms. The van der Waals surface area contributed by atoms with Crippen LogP contribution < -0.4 is 0 Å². The molecule has 2 heterocycles. The summed E-state index contributed by atoms with van der Waals surface area (Å²) >= 11 is 0. The lowest BCUT2D eigenvalue weighted by atomic mass is 10.00. The first-order valence-corrected chi connectivity index (χ1v) is 8.55. The highest BCUT2D eigenvalue weighted by Crippen LogP contribution is 2.22. The molecule has 27 heavy (non-hydrogen) atoms. The minimum atomic E-state index is -0.666. The Kier molecular flexibility index (Phi) is 5.20. The lowest BCUT2D eigenvalue weighted by Gasteiger charge is -2.28. The number of nitrogens with zero attached hydrogens (tertiary/aromatic N) is 4. The molecule has 0 radical (unpaired) electrons. The monoisotopic (exact) mass is 372 g/mol. The molecule has 1 aliphatic heterocycles. The van der Waals surface area contributed by atoms with Crippen LogP contribution in [-0.4, -0.2) is 44.6 Å². The van der Waals surface area contributed by atoms with Crippen molar-refractivity contribution < 1.29 is 19.2 Å². The van der Waals surface area contributed by atoms with Crippen molar-refractivity contribution in [2.45, 2.75) is 33.4 Å². The number of carbonyl (C=O) groups is 2. The van der Waals surface area contributed by atoms with Gasteiger partial charge in [-0.1, -0.05) is 24.3 Å². The van der Waals surface area contributed by atoms with Crippen LogP contribution in [0.3, 0.4) is 0 Å². The van der Waals surface area contributed by atoms with Crippen molar-refractivity contribution in [3.05, 3.63) is 56.9 Å². The van der Waals surface area contributed by atoms with Crippen LogP contribution in [0, 0.1) is 24.0 Å². The Labute approximate surface area is 155 Å². The zero-order valence-electron chi connectivity index (χ0n) is 15.2. The lowest BCUT2D eigenvalue weighted by Crippen LogP contribution is -2.38. The summed E-state index contributed by atoms with van der Waals surface area (Å²) in [6, 6.07) is 7.93. The number of aryl methyl sites for hydroxylation is 1. The molecule has 0 atom stereocenters. The lowest BCUT2D eigenvalue weighted by molar-refractivity contribution is -0.386. The number of hydrogen-bond donors (Lipinski definition) is 0. The highest BCUT2D eigenvalue weighted by Gasteiger charge is 2.24. The first kappa shape index (κ1) is 18.6. The van der Waals surface area contributed by atoms with Gasteiger partial charge in [0.25, 0.3) is 5.91 Å². The number of aromatic nitrogens is 2. The first-order valence-electron chi connectivity index (χ1n) is 8.55. The molecule has 1 aromatic carbocycles. The van der Waals surface area contributed by atoms with E-state index in [1.54, 1.807) is 4.90 Å². The molecule has 9 nitrogen and oxygen atoms in total. The van der Waals surface area contributed by atoms with Gasteiger partial charge in [0, 0.05) is 13.1 Å². The summed E-state index contributed by atoms with van der Waals surface area (Å²) in [5.41, 5.74) is 2.70. The van der Waals surface area contributed by atoms with Crippen molar-refractivity contribution in [1.29, 1.82) is 0 Å². The second-order valence-electron chi connectivity index (χ2n) is 6.43. The zero-order chi connectivity index (χ0) is 19.6. The molecule has 1 aliphatic rings. The van der Waals surface area contributed by atoms with E-state index in [4.69, 9.17) is 4.74 Å². The largest absolute Gasteiger partial charge is 0.454 e. The Morgan fingerprint density at radius 3 is 2.63 bits per heavy atom. The minimum absolute atomic E-state index is 0.120. The van der Waals surface area contributed by atoms with Gasteiger partial charge in [-0.15, -0.1) is 0 Å². The molecule has 1 amide bonds. The molecule has 0 bridgehead atoms. The number of benzene rings is 1. The molecular weight excluding hydrogens is 352 g/mol. The van der Waals surface area contributed by atoms with E-state index in [2.05, 4.69) is 5.10 Å². The standard InChI is InChI=1S/C18H20N4O5/c1-12-18(22(25)26)13(2)21(19-12)10-17(24)27-11-16(23)20-8-7-14-5-3-4-6-15(14)9-20/h3-6H,7-11H2,1-2H3. The minimum Gasteiger partial charge on any atom is -0.454 e. The van der Waals surface area contributed by atoms with Gasteiger partial charge < -0.3 is 9.64 Å². The van der Waals surface area contributed by atoms with Crippen molar-refractivity contribution in [1.82, 2.24) is 14.7 Å². The van der Waals surface area contributed by atoms with Gasteiger partial charge in [0.2, 0.25) is 0 Å². The molecule has 0 aliphatic carbocycles. The molecule has 3 rings (SSSR count). The third kappa shape index (κ3) is 3.97. The molecule has 0 saturated carbocycles. The number of hydrogen-bond acceptors (Lipinski definition) is 6. The summed E-state index contributed by atoms with van der Waals surface area (Å²) in [4.78, 5) is 36.5. The molecule has 0 N–H and O–H groups in total. The Morgan fingerprint density at radius 1 is 1.26 bits per heavy atom. The van der Waals surface area contributed by atoms with E-state index in [1.165, 1.54) is 24.1 Å². The van der Waals surface area contributed by atoms with E-state index in [0.29, 0.717) is 13.1 Å². The molecule has 2 aromatic rings. The number of amides is 1. The summed E-state index contributed by atoms with van der Waals surface area (Å²) in [7, 11) is 0. The smallest absolute Gasteiger partial charge is 0.328 e. The number of rotatable bonds is 5. The van der Waals surface area contributed by atoms with Crippen LogP contribution in [0.15, 0.2) is 24.3 Å². The normalized spacial score (nSPS) is 13.2. The number of ether oxygens (including phenoxy) is 1. The zero-order valence-corrected chi connectivity index (χ0v) is 15.2. The van der Waals surface area contributed by atoms with Crippen molar-refractivity contribution in [3.8, 4) is 0 Å². The summed E-state index contributed by atoms with van der Waals surface area (Å²) < 4.78 is 6.27. The average molecular weight is 372 g/mol. The van der Waals surface area contributed by atoms with Crippen molar-refractivity contribution in [3.63, 3.8) is 0 Å². The maximum atomic E-state index is 12.3.